The largest absolute Gasteiger partial charge is 0.500 e. The van der Waals surface area contributed by atoms with Crippen LogP contribution in [0.15, 0.2) is 107 Å². The quantitative estimate of drug-likeness (QED) is 0.0413. The van der Waals surface area contributed by atoms with Crippen LogP contribution in [0.4, 0.5) is 0 Å². The minimum atomic E-state index is -2.84. The predicted octanol–water partition coefficient (Wildman–Crippen LogP) is 10.4. The van der Waals surface area contributed by atoms with Gasteiger partial charge in [-0.05, 0) is 124 Å². The monoisotopic (exact) mass is 924 g/mol. The molecule has 0 radical (unpaired) electrons. The molecule has 2 amide bonds. The molecular formula is C51H68N2O8SSi2. The van der Waals surface area contributed by atoms with Crippen molar-refractivity contribution in [2.75, 3.05) is 52.7 Å². The minimum Gasteiger partial charge on any atom is -0.374 e. The Balaban J connectivity index is 1.32. The second-order valence-electron chi connectivity index (χ2n) is 15.9. The molecule has 0 aromatic heterocycles. The zero-order valence-electron chi connectivity index (χ0n) is 38.7. The molecule has 344 valence electrons. The molecular weight excluding hydrogens is 857 g/mol. The Morgan fingerprint density at radius 1 is 0.484 bits per heavy atom. The SMILES string of the molecule is CCO[Si](CCCNC(=O)CCC1(CCC(=O)NCCC[Si](OCC)(OCC)OCC)c2ccccc2C(=C2c3ccccc3Sc3ccccc32)c2ccccc21)(OCC)OCC. The first-order valence-corrected chi connectivity index (χ1v) is 28.1. The van der Waals surface area contributed by atoms with Crippen LogP contribution in [0, 0.1) is 0 Å². The van der Waals surface area contributed by atoms with Gasteiger partial charge >= 0.3 is 17.6 Å². The number of nitrogens with one attached hydrogen (secondary N) is 2. The van der Waals surface area contributed by atoms with E-state index in [1.165, 1.54) is 32.1 Å². The third-order valence-electron chi connectivity index (χ3n) is 11.9. The van der Waals surface area contributed by atoms with Gasteiger partial charge in [0.1, 0.15) is 0 Å². The van der Waals surface area contributed by atoms with Crippen molar-refractivity contribution in [3.05, 3.63) is 130 Å². The third kappa shape index (κ3) is 11.5. The van der Waals surface area contributed by atoms with Gasteiger partial charge in [-0.3, -0.25) is 9.59 Å². The summed E-state index contributed by atoms with van der Waals surface area (Å²) < 4.78 is 36.4. The summed E-state index contributed by atoms with van der Waals surface area (Å²) in [7, 11) is -5.67. The number of carbonyl (C=O) groups excluding carboxylic acids is 2. The summed E-state index contributed by atoms with van der Waals surface area (Å²) in [5.74, 6) is -0.0608. The van der Waals surface area contributed by atoms with Gasteiger partial charge in [0.25, 0.3) is 0 Å². The average Bonchev–Trinajstić information content (AvgIpc) is 3.30. The molecule has 0 atom stereocenters. The van der Waals surface area contributed by atoms with Crippen LogP contribution in [0.5, 0.6) is 0 Å². The molecule has 6 rings (SSSR count). The highest BCUT2D eigenvalue weighted by molar-refractivity contribution is 7.99. The molecule has 0 bridgehead atoms. The number of rotatable bonds is 26. The molecule has 0 saturated carbocycles. The first-order chi connectivity index (χ1) is 31.2. The van der Waals surface area contributed by atoms with Crippen molar-refractivity contribution in [1.82, 2.24) is 10.6 Å². The maximum absolute atomic E-state index is 14.0. The lowest BCUT2D eigenvalue weighted by atomic mass is 9.60. The van der Waals surface area contributed by atoms with Gasteiger partial charge in [-0.1, -0.05) is 96.7 Å². The van der Waals surface area contributed by atoms with Crippen molar-refractivity contribution < 1.29 is 36.1 Å². The van der Waals surface area contributed by atoms with Crippen LogP contribution < -0.4 is 10.6 Å². The molecule has 1 aliphatic carbocycles. The Hall–Kier alpha value is -3.90. The smallest absolute Gasteiger partial charge is 0.374 e. The van der Waals surface area contributed by atoms with E-state index in [0.717, 1.165) is 22.3 Å². The van der Waals surface area contributed by atoms with Gasteiger partial charge in [0.2, 0.25) is 11.8 Å². The number of fused-ring (bicyclic) bond motifs is 4. The summed E-state index contributed by atoms with van der Waals surface area (Å²) in [4.78, 5) is 30.4. The summed E-state index contributed by atoms with van der Waals surface area (Å²) in [6.07, 6.45) is 2.96. The molecule has 2 N–H and O–H groups in total. The normalized spacial score (nSPS) is 14.0. The van der Waals surface area contributed by atoms with Gasteiger partial charge in [0.15, 0.2) is 0 Å². The van der Waals surface area contributed by atoms with E-state index < -0.39 is 23.0 Å². The molecule has 2 aliphatic rings. The lowest BCUT2D eigenvalue weighted by Gasteiger charge is -2.43. The second-order valence-corrected chi connectivity index (χ2v) is 22.4. The molecule has 0 saturated heterocycles. The van der Waals surface area contributed by atoms with Crippen LogP contribution in [0.2, 0.25) is 12.1 Å². The van der Waals surface area contributed by atoms with E-state index in [1.807, 2.05) is 53.3 Å². The van der Waals surface area contributed by atoms with E-state index in [9.17, 15) is 9.59 Å². The highest BCUT2D eigenvalue weighted by Crippen LogP contribution is 2.56. The summed E-state index contributed by atoms with van der Waals surface area (Å²) in [5, 5.41) is 6.41. The van der Waals surface area contributed by atoms with Crippen LogP contribution in [0.25, 0.3) is 11.1 Å². The van der Waals surface area contributed by atoms with E-state index in [2.05, 4.69) is 108 Å². The van der Waals surface area contributed by atoms with E-state index in [4.69, 9.17) is 26.6 Å². The summed E-state index contributed by atoms with van der Waals surface area (Å²) in [5.41, 5.74) is 8.65. The molecule has 10 nitrogen and oxygen atoms in total. The average molecular weight is 925 g/mol. The first kappa shape index (κ1) is 49.5. The number of hydrogen-bond donors (Lipinski definition) is 2. The highest BCUT2D eigenvalue weighted by atomic mass is 32.2. The first-order valence-electron chi connectivity index (χ1n) is 23.4. The maximum Gasteiger partial charge on any atom is 0.500 e. The summed E-state index contributed by atoms with van der Waals surface area (Å²) >= 11 is 1.81. The van der Waals surface area contributed by atoms with E-state index in [1.54, 1.807) is 0 Å². The third-order valence-corrected chi connectivity index (χ3v) is 19.4. The molecule has 0 fully saturated rings. The van der Waals surface area contributed by atoms with Crippen LogP contribution in [0.3, 0.4) is 0 Å². The zero-order chi connectivity index (χ0) is 45.4. The van der Waals surface area contributed by atoms with Gasteiger partial charge in [0.05, 0.1) is 0 Å². The van der Waals surface area contributed by atoms with Crippen molar-refractivity contribution in [3.8, 4) is 0 Å². The van der Waals surface area contributed by atoms with E-state index in [-0.39, 0.29) is 24.7 Å². The molecule has 1 heterocycles. The predicted molar refractivity (Wildman–Crippen MR) is 260 cm³/mol. The lowest BCUT2D eigenvalue weighted by molar-refractivity contribution is -0.121. The maximum atomic E-state index is 14.0. The van der Waals surface area contributed by atoms with Gasteiger partial charge in [-0.2, -0.15) is 0 Å². The fourth-order valence-corrected chi connectivity index (χ4v) is 15.7. The standard InChI is InChI=1S/C51H68N2O8SSi2/c1-7-56-63(57-8-2,58-9-3)37-21-35-52-47(54)31-33-51(34-32-48(55)53-36-22-38-64(59-10-4,60-11-5)61-12-6)43-27-17-13-23-39(43)49(40-24-14-18-28-44(40)51)50-41-25-15-19-29-45(41)62-46-30-20-16-26-42(46)50/h13-20,23-30H,7-12,21-22,31-38H2,1-6H3,(H,52,54)(H,53,55). The van der Waals surface area contributed by atoms with Crippen molar-refractivity contribution in [1.29, 1.82) is 0 Å². The van der Waals surface area contributed by atoms with Crippen LogP contribution in [-0.4, -0.2) is 82.2 Å². The van der Waals surface area contributed by atoms with Gasteiger partial charge in [-0.15, -0.1) is 0 Å². The lowest BCUT2D eigenvalue weighted by Crippen LogP contribution is -2.46. The molecule has 4 aromatic rings. The second kappa shape index (κ2) is 24.0. The Labute approximate surface area is 387 Å². The Kier molecular flexibility index (Phi) is 18.6. The van der Waals surface area contributed by atoms with Gasteiger partial charge < -0.3 is 37.2 Å². The van der Waals surface area contributed by atoms with E-state index >= 15 is 0 Å². The van der Waals surface area contributed by atoms with E-state index in [0.29, 0.717) is 90.5 Å². The van der Waals surface area contributed by atoms with Crippen LogP contribution >= 0.6 is 11.8 Å². The topological polar surface area (TPSA) is 114 Å². The number of hydrogen-bond acceptors (Lipinski definition) is 9. The van der Waals surface area contributed by atoms with Gasteiger partial charge in [0, 0.05) is 92.9 Å². The molecule has 0 unspecified atom stereocenters. The summed E-state index contributed by atoms with van der Waals surface area (Å²) in [6.45, 7) is 15.7. The highest BCUT2D eigenvalue weighted by Gasteiger charge is 2.44. The molecule has 1 aliphatic heterocycles. The van der Waals surface area contributed by atoms with Crippen molar-refractivity contribution in [3.63, 3.8) is 0 Å². The summed E-state index contributed by atoms with van der Waals surface area (Å²) in [6, 6.07) is 35.9. The number of amides is 2. The van der Waals surface area contributed by atoms with Crippen LogP contribution in [0.1, 0.15) is 113 Å². The number of benzene rings is 4. The Morgan fingerprint density at radius 2 is 0.812 bits per heavy atom. The molecule has 0 spiro atoms. The van der Waals surface area contributed by atoms with Gasteiger partial charge in [-0.25, -0.2) is 0 Å². The fraction of sp³-hybridized carbons (Fsp3) is 0.451. The molecule has 13 heteroatoms. The fourth-order valence-electron chi connectivity index (χ4n) is 9.42. The van der Waals surface area contributed by atoms with Crippen molar-refractivity contribution >= 4 is 52.3 Å². The van der Waals surface area contributed by atoms with Crippen molar-refractivity contribution in [2.24, 2.45) is 0 Å². The Bertz CT molecular complexity index is 2020. The molecule has 4 aromatic carbocycles. The van der Waals surface area contributed by atoms with Crippen molar-refractivity contribution in [2.45, 2.75) is 107 Å². The molecule has 64 heavy (non-hydrogen) atoms. The Morgan fingerprint density at radius 3 is 1.19 bits per heavy atom. The van der Waals surface area contributed by atoms with Crippen LogP contribution in [-0.2, 0) is 41.6 Å². The minimum absolute atomic E-state index is 0.0304. The number of carbonyl (C=O) groups is 2. The zero-order valence-corrected chi connectivity index (χ0v) is 41.5.